The summed E-state index contributed by atoms with van der Waals surface area (Å²) in [5, 5.41) is 13.5. The predicted octanol–water partition coefficient (Wildman–Crippen LogP) is 3.17. The number of nitrogens with zero attached hydrogens (tertiary/aromatic N) is 2. The van der Waals surface area contributed by atoms with E-state index in [1.165, 1.54) is 6.92 Å². The number of aryl methyl sites for hydroxylation is 1. The van der Waals surface area contributed by atoms with Crippen LogP contribution in [0.4, 0.5) is 11.4 Å². The average Bonchev–Trinajstić information content (AvgIpc) is 2.54. The molecule has 2 aromatic rings. The van der Waals surface area contributed by atoms with Crippen molar-refractivity contribution in [2.45, 2.75) is 26.9 Å². The molecule has 8 nitrogen and oxygen atoms in total. The molecule has 25 heavy (non-hydrogen) atoms. The van der Waals surface area contributed by atoms with Crippen LogP contribution in [-0.4, -0.2) is 21.8 Å². The van der Waals surface area contributed by atoms with E-state index in [1.54, 1.807) is 38.1 Å². The van der Waals surface area contributed by atoms with Crippen molar-refractivity contribution >= 4 is 23.3 Å². The fraction of sp³-hybridized carbons (Fsp3) is 0.235. The van der Waals surface area contributed by atoms with E-state index in [-0.39, 0.29) is 17.2 Å². The van der Waals surface area contributed by atoms with Gasteiger partial charge in [-0.3, -0.25) is 19.9 Å². The van der Waals surface area contributed by atoms with Crippen LogP contribution in [0.2, 0.25) is 0 Å². The first-order chi connectivity index (χ1) is 11.8. The summed E-state index contributed by atoms with van der Waals surface area (Å²) in [5.74, 6) is -0.911. The van der Waals surface area contributed by atoms with Gasteiger partial charge in [-0.2, -0.15) is 0 Å². The number of hydrogen-bond acceptors (Lipinski definition) is 6. The SMILES string of the molecule is CC(=O)Nc1cccc(C(C)OC(=O)c2cc([N+](=O)[O-])cnc2C)c1. The van der Waals surface area contributed by atoms with Gasteiger partial charge in [0.25, 0.3) is 5.69 Å². The maximum Gasteiger partial charge on any atom is 0.340 e. The van der Waals surface area contributed by atoms with Gasteiger partial charge in [-0.15, -0.1) is 0 Å². The van der Waals surface area contributed by atoms with Crippen molar-refractivity contribution in [3.63, 3.8) is 0 Å². The van der Waals surface area contributed by atoms with Crippen LogP contribution in [0.3, 0.4) is 0 Å². The number of carbonyl (C=O) groups excluding carboxylic acids is 2. The van der Waals surface area contributed by atoms with Gasteiger partial charge in [-0.05, 0) is 31.5 Å². The van der Waals surface area contributed by atoms with Crippen LogP contribution in [-0.2, 0) is 9.53 Å². The molecular formula is C17H17N3O5. The number of pyridine rings is 1. The summed E-state index contributed by atoms with van der Waals surface area (Å²) in [6, 6.07) is 8.03. The largest absolute Gasteiger partial charge is 0.454 e. The van der Waals surface area contributed by atoms with Crippen molar-refractivity contribution in [2.24, 2.45) is 0 Å². The summed E-state index contributed by atoms with van der Waals surface area (Å²) >= 11 is 0. The Morgan fingerprint density at radius 2 is 2.04 bits per heavy atom. The molecule has 1 atom stereocenters. The van der Waals surface area contributed by atoms with Crippen molar-refractivity contribution in [2.75, 3.05) is 5.32 Å². The minimum Gasteiger partial charge on any atom is -0.454 e. The van der Waals surface area contributed by atoms with Crippen molar-refractivity contribution < 1.29 is 19.2 Å². The second-order valence-corrected chi connectivity index (χ2v) is 5.44. The monoisotopic (exact) mass is 343 g/mol. The standard InChI is InChI=1S/C17H17N3O5/c1-10-16(8-15(9-18-10)20(23)24)17(22)25-11(2)13-5-4-6-14(7-13)19-12(3)21/h4-9,11H,1-3H3,(H,19,21). The van der Waals surface area contributed by atoms with Crippen molar-refractivity contribution in [3.8, 4) is 0 Å². The third-order valence-corrected chi connectivity index (χ3v) is 3.46. The predicted molar refractivity (Wildman–Crippen MR) is 90.2 cm³/mol. The smallest absolute Gasteiger partial charge is 0.340 e. The number of nitrogens with one attached hydrogen (secondary N) is 1. The maximum atomic E-state index is 12.3. The number of amides is 1. The minimum atomic E-state index is -0.703. The lowest BCUT2D eigenvalue weighted by Gasteiger charge is -2.15. The zero-order valence-electron chi connectivity index (χ0n) is 14.0. The Balaban J connectivity index is 2.19. The molecule has 1 aromatic heterocycles. The Hall–Kier alpha value is -3.29. The van der Waals surface area contributed by atoms with E-state index in [0.29, 0.717) is 16.9 Å². The zero-order chi connectivity index (χ0) is 18.6. The van der Waals surface area contributed by atoms with Gasteiger partial charge < -0.3 is 10.1 Å². The quantitative estimate of drug-likeness (QED) is 0.507. The first kappa shape index (κ1) is 18.1. The third-order valence-electron chi connectivity index (χ3n) is 3.46. The molecule has 0 aliphatic carbocycles. The van der Waals surface area contributed by atoms with Crippen molar-refractivity contribution in [1.29, 1.82) is 0 Å². The lowest BCUT2D eigenvalue weighted by atomic mass is 10.1. The van der Waals surface area contributed by atoms with Gasteiger partial charge in [0.05, 0.1) is 16.2 Å². The van der Waals surface area contributed by atoms with Gasteiger partial charge >= 0.3 is 5.97 Å². The Kier molecular flexibility index (Phi) is 5.43. The summed E-state index contributed by atoms with van der Waals surface area (Å²) in [6.07, 6.45) is 0.478. The molecule has 0 bridgehead atoms. The lowest BCUT2D eigenvalue weighted by Crippen LogP contribution is -2.12. The van der Waals surface area contributed by atoms with Gasteiger partial charge in [-0.1, -0.05) is 12.1 Å². The molecule has 2 rings (SSSR count). The first-order valence-corrected chi connectivity index (χ1v) is 7.47. The van der Waals surface area contributed by atoms with Gasteiger partial charge in [0.1, 0.15) is 12.3 Å². The van der Waals surface area contributed by atoms with E-state index in [0.717, 1.165) is 12.3 Å². The number of hydrogen-bond donors (Lipinski definition) is 1. The van der Waals surface area contributed by atoms with E-state index in [2.05, 4.69) is 10.3 Å². The number of benzene rings is 1. The van der Waals surface area contributed by atoms with E-state index in [9.17, 15) is 19.7 Å². The molecule has 0 radical (unpaired) electrons. The Bertz CT molecular complexity index is 835. The highest BCUT2D eigenvalue weighted by Crippen LogP contribution is 2.23. The van der Waals surface area contributed by atoms with E-state index in [4.69, 9.17) is 4.74 Å². The Morgan fingerprint density at radius 1 is 1.32 bits per heavy atom. The van der Waals surface area contributed by atoms with Crippen LogP contribution in [0.25, 0.3) is 0 Å². The summed E-state index contributed by atoms with van der Waals surface area (Å²) in [4.78, 5) is 37.5. The van der Waals surface area contributed by atoms with Crippen LogP contribution in [0.1, 0.15) is 41.6 Å². The van der Waals surface area contributed by atoms with Gasteiger partial charge in [0.15, 0.2) is 0 Å². The molecular weight excluding hydrogens is 326 g/mol. The Morgan fingerprint density at radius 3 is 2.68 bits per heavy atom. The van der Waals surface area contributed by atoms with E-state index >= 15 is 0 Å². The number of carbonyl (C=O) groups is 2. The van der Waals surface area contributed by atoms with Gasteiger partial charge in [0.2, 0.25) is 5.91 Å². The summed E-state index contributed by atoms with van der Waals surface area (Å²) in [6.45, 7) is 4.64. The van der Waals surface area contributed by atoms with Crippen LogP contribution in [0.15, 0.2) is 36.5 Å². The highest BCUT2D eigenvalue weighted by Gasteiger charge is 2.20. The second-order valence-electron chi connectivity index (χ2n) is 5.44. The molecule has 0 aliphatic heterocycles. The molecule has 0 aliphatic rings. The number of nitro groups is 1. The zero-order valence-corrected chi connectivity index (χ0v) is 14.0. The number of ether oxygens (including phenoxy) is 1. The maximum absolute atomic E-state index is 12.3. The molecule has 0 fully saturated rings. The van der Waals surface area contributed by atoms with E-state index in [1.807, 2.05) is 0 Å². The third kappa shape index (κ3) is 4.60. The fourth-order valence-corrected chi connectivity index (χ4v) is 2.19. The van der Waals surface area contributed by atoms with Gasteiger partial charge in [-0.25, -0.2) is 4.79 Å². The van der Waals surface area contributed by atoms with Crippen LogP contribution in [0.5, 0.6) is 0 Å². The lowest BCUT2D eigenvalue weighted by molar-refractivity contribution is -0.385. The van der Waals surface area contributed by atoms with Gasteiger partial charge in [0, 0.05) is 18.7 Å². The number of esters is 1. The molecule has 0 saturated heterocycles. The molecule has 8 heteroatoms. The number of anilines is 1. The molecule has 0 spiro atoms. The molecule has 1 aromatic carbocycles. The molecule has 0 saturated carbocycles. The van der Waals surface area contributed by atoms with Crippen LogP contribution >= 0.6 is 0 Å². The number of aromatic nitrogens is 1. The summed E-state index contributed by atoms with van der Waals surface area (Å²) in [7, 11) is 0. The second kappa shape index (κ2) is 7.52. The highest BCUT2D eigenvalue weighted by atomic mass is 16.6. The average molecular weight is 343 g/mol. The minimum absolute atomic E-state index is 0.0408. The normalized spacial score (nSPS) is 11.5. The molecule has 1 heterocycles. The number of rotatable bonds is 5. The topological polar surface area (TPSA) is 111 Å². The highest BCUT2D eigenvalue weighted by molar-refractivity contribution is 5.91. The van der Waals surface area contributed by atoms with Crippen LogP contribution in [0, 0.1) is 17.0 Å². The molecule has 1 amide bonds. The summed E-state index contributed by atoms with van der Waals surface area (Å²) in [5.41, 5.74) is 1.36. The summed E-state index contributed by atoms with van der Waals surface area (Å²) < 4.78 is 5.38. The van der Waals surface area contributed by atoms with Crippen molar-refractivity contribution in [3.05, 3.63) is 63.5 Å². The molecule has 1 N–H and O–H groups in total. The first-order valence-electron chi connectivity index (χ1n) is 7.47. The van der Waals surface area contributed by atoms with E-state index < -0.39 is 17.0 Å². The molecule has 130 valence electrons. The van der Waals surface area contributed by atoms with Crippen LogP contribution < -0.4 is 5.32 Å². The fourth-order valence-electron chi connectivity index (χ4n) is 2.19. The molecule has 1 unspecified atom stereocenters. The Labute approximate surface area is 144 Å². The van der Waals surface area contributed by atoms with Crippen molar-refractivity contribution in [1.82, 2.24) is 4.98 Å².